The van der Waals surface area contributed by atoms with Crippen LogP contribution in [-0.2, 0) is 6.42 Å². The predicted octanol–water partition coefficient (Wildman–Crippen LogP) is 4.10. The molecule has 0 saturated carbocycles. The number of fused-ring (bicyclic) bond motifs is 1. The first-order valence-electron chi connectivity index (χ1n) is 6.31. The normalized spacial score (nSPS) is 11.0. The molecular formula is C16H16N2. The van der Waals surface area contributed by atoms with Crippen molar-refractivity contribution in [3.8, 4) is 11.1 Å². The third-order valence-electron chi connectivity index (χ3n) is 3.44. The molecule has 0 radical (unpaired) electrons. The van der Waals surface area contributed by atoms with E-state index in [1.165, 1.54) is 27.6 Å². The molecule has 0 atom stereocenters. The van der Waals surface area contributed by atoms with Gasteiger partial charge in [-0.15, -0.1) is 0 Å². The Morgan fingerprint density at radius 3 is 2.56 bits per heavy atom. The first-order chi connectivity index (χ1) is 8.78. The van der Waals surface area contributed by atoms with Crippen molar-refractivity contribution < 1.29 is 0 Å². The Bertz CT molecular complexity index is 678. The van der Waals surface area contributed by atoms with Gasteiger partial charge in [0.2, 0.25) is 0 Å². The lowest BCUT2D eigenvalue weighted by atomic mass is 10.00. The lowest BCUT2D eigenvalue weighted by molar-refractivity contribution is 1.11. The van der Waals surface area contributed by atoms with Crippen LogP contribution in [0.5, 0.6) is 0 Å². The van der Waals surface area contributed by atoms with E-state index >= 15 is 0 Å². The van der Waals surface area contributed by atoms with Gasteiger partial charge >= 0.3 is 0 Å². The maximum absolute atomic E-state index is 4.10. The Balaban J connectivity index is 2.12. The molecule has 0 bridgehead atoms. The van der Waals surface area contributed by atoms with Crippen molar-refractivity contribution in [1.82, 2.24) is 10.2 Å². The topological polar surface area (TPSA) is 28.7 Å². The van der Waals surface area contributed by atoms with Crippen LogP contribution in [0, 0.1) is 6.92 Å². The van der Waals surface area contributed by atoms with Crippen LogP contribution in [0.15, 0.2) is 42.6 Å². The van der Waals surface area contributed by atoms with Crippen molar-refractivity contribution in [2.24, 2.45) is 0 Å². The van der Waals surface area contributed by atoms with E-state index in [1.54, 1.807) is 0 Å². The molecule has 0 saturated heterocycles. The third-order valence-corrected chi connectivity index (χ3v) is 3.44. The molecular weight excluding hydrogens is 220 g/mol. The summed E-state index contributed by atoms with van der Waals surface area (Å²) in [6.07, 6.45) is 2.96. The molecule has 90 valence electrons. The van der Waals surface area contributed by atoms with Crippen molar-refractivity contribution in [2.45, 2.75) is 20.3 Å². The van der Waals surface area contributed by atoms with Crippen molar-refractivity contribution in [2.75, 3.05) is 0 Å². The molecule has 0 aliphatic carbocycles. The Morgan fingerprint density at radius 1 is 1.06 bits per heavy atom. The van der Waals surface area contributed by atoms with Crippen LogP contribution in [0.25, 0.3) is 22.0 Å². The lowest BCUT2D eigenvalue weighted by Gasteiger charge is -2.05. The van der Waals surface area contributed by atoms with E-state index in [2.05, 4.69) is 60.4 Å². The molecule has 0 fully saturated rings. The van der Waals surface area contributed by atoms with Gasteiger partial charge in [-0.1, -0.05) is 31.2 Å². The molecule has 18 heavy (non-hydrogen) atoms. The largest absolute Gasteiger partial charge is 0.278 e. The SMILES string of the molecule is CCc1ccc(-c2cc(C)c3[nH]ncc3c2)cc1. The van der Waals surface area contributed by atoms with E-state index in [9.17, 15) is 0 Å². The Kier molecular flexibility index (Phi) is 2.63. The monoisotopic (exact) mass is 236 g/mol. The maximum Gasteiger partial charge on any atom is 0.0679 e. The van der Waals surface area contributed by atoms with Gasteiger partial charge in [0.1, 0.15) is 0 Å². The Hall–Kier alpha value is -2.09. The number of nitrogens with one attached hydrogen (secondary N) is 1. The quantitative estimate of drug-likeness (QED) is 0.713. The molecule has 2 nitrogen and oxygen atoms in total. The number of nitrogens with zero attached hydrogens (tertiary/aromatic N) is 1. The van der Waals surface area contributed by atoms with Crippen LogP contribution >= 0.6 is 0 Å². The van der Waals surface area contributed by atoms with E-state index in [4.69, 9.17) is 0 Å². The zero-order valence-corrected chi connectivity index (χ0v) is 10.7. The average Bonchev–Trinajstić information content (AvgIpc) is 2.88. The van der Waals surface area contributed by atoms with Crippen molar-refractivity contribution in [3.05, 3.63) is 53.7 Å². The molecule has 0 aliphatic rings. The number of aromatic nitrogens is 2. The second kappa shape index (κ2) is 4.30. The lowest BCUT2D eigenvalue weighted by Crippen LogP contribution is -1.84. The molecule has 1 N–H and O–H groups in total. The van der Waals surface area contributed by atoms with Crippen LogP contribution in [0.2, 0.25) is 0 Å². The van der Waals surface area contributed by atoms with Gasteiger partial charge in [-0.05, 0) is 47.7 Å². The minimum Gasteiger partial charge on any atom is -0.278 e. The second-order valence-electron chi connectivity index (χ2n) is 4.68. The number of hydrogen-bond acceptors (Lipinski definition) is 1. The van der Waals surface area contributed by atoms with E-state index in [0.29, 0.717) is 0 Å². The number of hydrogen-bond donors (Lipinski definition) is 1. The highest BCUT2D eigenvalue weighted by atomic mass is 15.1. The summed E-state index contributed by atoms with van der Waals surface area (Å²) in [6.45, 7) is 4.29. The molecule has 1 aromatic heterocycles. The van der Waals surface area contributed by atoms with Crippen LogP contribution in [-0.4, -0.2) is 10.2 Å². The van der Waals surface area contributed by atoms with Gasteiger partial charge in [0.15, 0.2) is 0 Å². The second-order valence-corrected chi connectivity index (χ2v) is 4.68. The first-order valence-corrected chi connectivity index (χ1v) is 6.31. The summed E-state index contributed by atoms with van der Waals surface area (Å²) in [5.74, 6) is 0. The first kappa shape index (κ1) is 11.0. The molecule has 1 heterocycles. The van der Waals surface area contributed by atoms with Gasteiger partial charge < -0.3 is 0 Å². The number of rotatable bonds is 2. The smallest absolute Gasteiger partial charge is 0.0679 e. The molecule has 0 amide bonds. The van der Waals surface area contributed by atoms with Crippen LogP contribution in [0.4, 0.5) is 0 Å². The Labute approximate surface area is 107 Å². The average molecular weight is 236 g/mol. The summed E-state index contributed by atoms with van der Waals surface area (Å²) in [6, 6.07) is 13.2. The third kappa shape index (κ3) is 1.80. The van der Waals surface area contributed by atoms with Crippen LogP contribution in [0.3, 0.4) is 0 Å². The fourth-order valence-corrected chi connectivity index (χ4v) is 2.33. The molecule has 2 heteroatoms. The van der Waals surface area contributed by atoms with Gasteiger partial charge in [-0.3, -0.25) is 5.10 Å². The summed E-state index contributed by atoms with van der Waals surface area (Å²) >= 11 is 0. The van der Waals surface area contributed by atoms with Gasteiger partial charge in [-0.25, -0.2) is 0 Å². The summed E-state index contributed by atoms with van der Waals surface area (Å²) in [7, 11) is 0. The standard InChI is InChI=1S/C16H16N2/c1-3-12-4-6-13(7-5-12)14-8-11(2)16-15(9-14)10-17-18-16/h4-10H,3H2,1-2H3,(H,17,18). The highest BCUT2D eigenvalue weighted by Gasteiger charge is 2.04. The maximum atomic E-state index is 4.10. The van der Waals surface area contributed by atoms with Crippen molar-refractivity contribution >= 4 is 10.9 Å². The zero-order valence-electron chi connectivity index (χ0n) is 10.7. The fraction of sp³-hybridized carbons (Fsp3) is 0.188. The van der Waals surface area contributed by atoms with Crippen molar-refractivity contribution in [1.29, 1.82) is 0 Å². The van der Waals surface area contributed by atoms with Gasteiger partial charge in [-0.2, -0.15) is 5.10 Å². The van der Waals surface area contributed by atoms with Crippen molar-refractivity contribution in [3.63, 3.8) is 0 Å². The summed E-state index contributed by atoms with van der Waals surface area (Å²) in [5, 5.41) is 8.30. The summed E-state index contributed by atoms with van der Waals surface area (Å²) in [5.41, 5.74) is 6.26. The molecule has 0 spiro atoms. The number of H-pyrrole nitrogens is 1. The van der Waals surface area contributed by atoms with Gasteiger partial charge in [0, 0.05) is 5.39 Å². The molecule has 3 rings (SSSR count). The number of aryl methyl sites for hydroxylation is 2. The highest BCUT2D eigenvalue weighted by molar-refractivity contribution is 5.86. The van der Waals surface area contributed by atoms with Gasteiger partial charge in [0.05, 0.1) is 11.7 Å². The predicted molar refractivity (Wildman–Crippen MR) is 75.6 cm³/mol. The van der Waals surface area contributed by atoms with E-state index in [0.717, 1.165) is 11.9 Å². The summed E-state index contributed by atoms with van der Waals surface area (Å²) in [4.78, 5) is 0. The molecule has 3 aromatic rings. The minimum atomic E-state index is 1.08. The van der Waals surface area contributed by atoms with Gasteiger partial charge in [0.25, 0.3) is 0 Å². The fourth-order valence-electron chi connectivity index (χ4n) is 2.33. The highest BCUT2D eigenvalue weighted by Crippen LogP contribution is 2.26. The zero-order chi connectivity index (χ0) is 12.5. The van der Waals surface area contributed by atoms with Crippen LogP contribution in [0.1, 0.15) is 18.1 Å². The molecule has 2 aromatic carbocycles. The van der Waals surface area contributed by atoms with E-state index in [-0.39, 0.29) is 0 Å². The summed E-state index contributed by atoms with van der Waals surface area (Å²) < 4.78 is 0. The van der Waals surface area contributed by atoms with Crippen LogP contribution < -0.4 is 0 Å². The molecule has 0 aliphatic heterocycles. The van der Waals surface area contributed by atoms with E-state index < -0.39 is 0 Å². The minimum absolute atomic E-state index is 1.08. The Morgan fingerprint density at radius 2 is 1.83 bits per heavy atom. The number of aromatic amines is 1. The number of benzene rings is 2. The van der Waals surface area contributed by atoms with E-state index in [1.807, 2.05) is 6.20 Å². The molecule has 0 unspecified atom stereocenters.